The molecular weight excluding hydrogens is 156 g/mol. The highest BCUT2D eigenvalue weighted by Gasteiger charge is 2.07. The van der Waals surface area contributed by atoms with Crippen molar-refractivity contribution in [1.82, 2.24) is 0 Å². The van der Waals surface area contributed by atoms with Gasteiger partial charge in [-0.2, -0.15) is 5.26 Å². The summed E-state index contributed by atoms with van der Waals surface area (Å²) in [5.41, 5.74) is 5.17. The minimum Gasteiger partial charge on any atom is -0.508 e. The number of hydrogen-bond acceptors (Lipinski definition) is 3. The SMILES string of the molecule is N#Cc1cc(O)ccc1C(N)=O. The molecule has 4 nitrogen and oxygen atoms in total. The predicted molar refractivity (Wildman–Crippen MR) is 41.3 cm³/mol. The first kappa shape index (κ1) is 8.08. The van der Waals surface area contributed by atoms with Crippen LogP contribution in [0.3, 0.4) is 0 Å². The molecule has 0 spiro atoms. The van der Waals surface area contributed by atoms with Gasteiger partial charge >= 0.3 is 0 Å². The molecule has 0 unspecified atom stereocenters. The first-order chi connectivity index (χ1) is 5.65. The van der Waals surface area contributed by atoms with E-state index in [9.17, 15) is 4.79 Å². The zero-order valence-corrected chi connectivity index (χ0v) is 6.11. The Bertz CT molecular complexity index is 366. The van der Waals surface area contributed by atoms with Crippen molar-refractivity contribution in [3.63, 3.8) is 0 Å². The van der Waals surface area contributed by atoms with Gasteiger partial charge in [0.2, 0.25) is 5.91 Å². The summed E-state index contributed by atoms with van der Waals surface area (Å²) < 4.78 is 0. The summed E-state index contributed by atoms with van der Waals surface area (Å²) in [7, 11) is 0. The third kappa shape index (κ3) is 1.35. The molecule has 12 heavy (non-hydrogen) atoms. The van der Waals surface area contributed by atoms with Gasteiger partial charge in [0, 0.05) is 0 Å². The topological polar surface area (TPSA) is 87.1 Å². The lowest BCUT2D eigenvalue weighted by Crippen LogP contribution is -2.12. The lowest BCUT2D eigenvalue weighted by Gasteiger charge is -1.98. The number of nitriles is 1. The van der Waals surface area contributed by atoms with Gasteiger partial charge in [0.15, 0.2) is 0 Å². The van der Waals surface area contributed by atoms with Gasteiger partial charge in [0.1, 0.15) is 11.8 Å². The highest BCUT2D eigenvalue weighted by molar-refractivity contribution is 5.95. The lowest BCUT2D eigenvalue weighted by atomic mass is 10.1. The van der Waals surface area contributed by atoms with E-state index < -0.39 is 5.91 Å². The molecule has 3 N–H and O–H groups in total. The summed E-state index contributed by atoms with van der Waals surface area (Å²) >= 11 is 0. The van der Waals surface area contributed by atoms with E-state index in [1.54, 1.807) is 6.07 Å². The number of nitrogens with two attached hydrogens (primary N) is 1. The maximum absolute atomic E-state index is 10.7. The van der Waals surface area contributed by atoms with Crippen LogP contribution in [0.15, 0.2) is 18.2 Å². The van der Waals surface area contributed by atoms with Crippen LogP contribution < -0.4 is 5.73 Å². The monoisotopic (exact) mass is 162 g/mol. The molecule has 0 atom stereocenters. The zero-order chi connectivity index (χ0) is 9.14. The van der Waals surface area contributed by atoms with Crippen LogP contribution in [0.5, 0.6) is 5.75 Å². The van der Waals surface area contributed by atoms with E-state index in [0.29, 0.717) is 0 Å². The molecule has 0 aliphatic rings. The van der Waals surface area contributed by atoms with Crippen LogP contribution in [0, 0.1) is 11.3 Å². The van der Waals surface area contributed by atoms with Gasteiger partial charge in [-0.3, -0.25) is 4.79 Å². The first-order valence-corrected chi connectivity index (χ1v) is 3.18. The number of hydrogen-bond donors (Lipinski definition) is 2. The summed E-state index contributed by atoms with van der Waals surface area (Å²) in [5, 5.41) is 17.5. The van der Waals surface area contributed by atoms with E-state index in [1.807, 2.05) is 0 Å². The fourth-order valence-corrected chi connectivity index (χ4v) is 0.840. The van der Waals surface area contributed by atoms with Crippen molar-refractivity contribution in [2.75, 3.05) is 0 Å². The normalized spacial score (nSPS) is 8.92. The Balaban J connectivity index is 3.32. The highest BCUT2D eigenvalue weighted by Crippen LogP contribution is 2.14. The molecule has 1 rings (SSSR count). The molecular formula is C8H6N2O2. The molecule has 0 fully saturated rings. The second-order valence-electron chi connectivity index (χ2n) is 2.21. The Morgan fingerprint density at radius 3 is 2.75 bits per heavy atom. The molecule has 0 radical (unpaired) electrons. The molecule has 0 saturated heterocycles. The molecule has 0 heterocycles. The highest BCUT2D eigenvalue weighted by atomic mass is 16.3. The fraction of sp³-hybridized carbons (Fsp3) is 0. The molecule has 0 aliphatic carbocycles. The number of phenols is 1. The average molecular weight is 162 g/mol. The predicted octanol–water partition coefficient (Wildman–Crippen LogP) is 0.363. The summed E-state index contributed by atoms with van der Waals surface area (Å²) in [6.45, 7) is 0. The second-order valence-corrected chi connectivity index (χ2v) is 2.21. The Labute approximate surface area is 68.8 Å². The van der Waals surface area contributed by atoms with E-state index in [1.165, 1.54) is 18.2 Å². The minimum absolute atomic E-state index is 0.0587. The lowest BCUT2D eigenvalue weighted by molar-refractivity contribution is 0.1000. The van der Waals surface area contributed by atoms with Gasteiger partial charge < -0.3 is 10.8 Å². The van der Waals surface area contributed by atoms with Crippen molar-refractivity contribution in [3.8, 4) is 11.8 Å². The Morgan fingerprint density at radius 1 is 1.58 bits per heavy atom. The summed E-state index contributed by atoms with van der Waals surface area (Å²) in [5.74, 6) is -0.733. The van der Waals surface area contributed by atoms with Crippen LogP contribution in [-0.4, -0.2) is 11.0 Å². The number of benzene rings is 1. The van der Waals surface area contributed by atoms with Crippen molar-refractivity contribution in [2.45, 2.75) is 0 Å². The summed E-state index contributed by atoms with van der Waals surface area (Å²) in [6, 6.07) is 5.57. The molecule has 0 bridgehead atoms. The van der Waals surface area contributed by atoms with E-state index in [2.05, 4.69) is 0 Å². The van der Waals surface area contributed by atoms with Crippen molar-refractivity contribution in [1.29, 1.82) is 5.26 Å². The van der Waals surface area contributed by atoms with Gasteiger partial charge in [0.25, 0.3) is 0 Å². The Hall–Kier alpha value is -2.02. The summed E-state index contributed by atoms with van der Waals surface area (Å²) in [4.78, 5) is 10.7. The Kier molecular flexibility index (Phi) is 1.97. The number of rotatable bonds is 1. The van der Waals surface area contributed by atoms with Crippen LogP contribution in [0.2, 0.25) is 0 Å². The summed E-state index contributed by atoms with van der Waals surface area (Å²) in [6.07, 6.45) is 0. The van der Waals surface area contributed by atoms with E-state index >= 15 is 0 Å². The number of aromatic hydroxyl groups is 1. The molecule has 0 aromatic heterocycles. The number of phenolic OH excluding ortho intramolecular Hbond substituents is 1. The van der Waals surface area contributed by atoms with Crippen LogP contribution in [0.4, 0.5) is 0 Å². The first-order valence-electron chi connectivity index (χ1n) is 3.18. The van der Waals surface area contributed by atoms with Crippen molar-refractivity contribution < 1.29 is 9.90 Å². The molecule has 0 saturated carbocycles. The number of carbonyl (C=O) groups excluding carboxylic acids is 1. The quantitative estimate of drug-likeness (QED) is 0.625. The van der Waals surface area contributed by atoms with Gasteiger partial charge in [-0.1, -0.05) is 0 Å². The maximum Gasteiger partial charge on any atom is 0.250 e. The fourth-order valence-electron chi connectivity index (χ4n) is 0.840. The molecule has 60 valence electrons. The van der Waals surface area contributed by atoms with Crippen molar-refractivity contribution in [3.05, 3.63) is 29.3 Å². The van der Waals surface area contributed by atoms with Crippen LogP contribution in [0.1, 0.15) is 15.9 Å². The standard InChI is InChI=1S/C8H6N2O2/c9-4-5-3-6(11)1-2-7(5)8(10)12/h1-3,11H,(H2,10,12). The van der Waals surface area contributed by atoms with Crippen LogP contribution in [0.25, 0.3) is 0 Å². The van der Waals surface area contributed by atoms with Gasteiger partial charge in [-0.05, 0) is 18.2 Å². The van der Waals surface area contributed by atoms with Crippen LogP contribution >= 0.6 is 0 Å². The molecule has 4 heteroatoms. The smallest absolute Gasteiger partial charge is 0.250 e. The zero-order valence-electron chi connectivity index (χ0n) is 6.11. The minimum atomic E-state index is -0.674. The number of nitrogens with zero attached hydrogens (tertiary/aromatic N) is 1. The third-order valence-corrected chi connectivity index (χ3v) is 1.39. The second kappa shape index (κ2) is 2.93. The van der Waals surface area contributed by atoms with E-state index in [0.717, 1.165) is 0 Å². The van der Waals surface area contributed by atoms with Crippen LogP contribution in [-0.2, 0) is 0 Å². The number of primary amides is 1. The molecule has 0 aliphatic heterocycles. The van der Waals surface area contributed by atoms with E-state index in [-0.39, 0.29) is 16.9 Å². The largest absolute Gasteiger partial charge is 0.508 e. The van der Waals surface area contributed by atoms with Gasteiger partial charge in [0.05, 0.1) is 11.1 Å². The average Bonchev–Trinajstić information content (AvgIpc) is 2.03. The van der Waals surface area contributed by atoms with Crippen molar-refractivity contribution >= 4 is 5.91 Å². The van der Waals surface area contributed by atoms with Gasteiger partial charge in [-0.25, -0.2) is 0 Å². The molecule has 1 aromatic carbocycles. The number of amides is 1. The van der Waals surface area contributed by atoms with E-state index in [4.69, 9.17) is 16.1 Å². The molecule has 1 amide bonds. The van der Waals surface area contributed by atoms with Gasteiger partial charge in [-0.15, -0.1) is 0 Å². The maximum atomic E-state index is 10.7. The number of carbonyl (C=O) groups is 1. The van der Waals surface area contributed by atoms with Crippen molar-refractivity contribution in [2.24, 2.45) is 5.73 Å². The molecule has 1 aromatic rings. The third-order valence-electron chi connectivity index (χ3n) is 1.39. The Morgan fingerprint density at radius 2 is 2.25 bits per heavy atom.